The van der Waals surface area contributed by atoms with E-state index in [1.54, 1.807) is 24.4 Å². The zero-order valence-corrected chi connectivity index (χ0v) is 16.1. The summed E-state index contributed by atoms with van der Waals surface area (Å²) in [7, 11) is 1.47. The zero-order chi connectivity index (χ0) is 21.0. The van der Waals surface area contributed by atoms with Crippen molar-refractivity contribution in [3.8, 4) is 11.4 Å². The molecule has 0 spiro atoms. The van der Waals surface area contributed by atoms with Crippen LogP contribution < -0.4 is 10.2 Å². The van der Waals surface area contributed by atoms with Crippen molar-refractivity contribution in [3.05, 3.63) is 81.4 Å². The van der Waals surface area contributed by atoms with Gasteiger partial charge in [0.2, 0.25) is 0 Å². The predicted octanol–water partition coefficient (Wildman–Crippen LogP) is 3.17. The first kappa shape index (κ1) is 19.7. The summed E-state index contributed by atoms with van der Waals surface area (Å²) < 4.78 is 7.26. The fourth-order valence-electron chi connectivity index (χ4n) is 2.98. The van der Waals surface area contributed by atoms with Crippen LogP contribution in [0.25, 0.3) is 5.69 Å². The first-order valence-electron chi connectivity index (χ1n) is 8.67. The Morgan fingerprint density at radius 3 is 2.62 bits per heavy atom. The van der Waals surface area contributed by atoms with Crippen LogP contribution in [0.15, 0.2) is 53.9 Å². The van der Waals surface area contributed by atoms with E-state index in [0.717, 1.165) is 17.0 Å². The highest BCUT2D eigenvalue weighted by molar-refractivity contribution is 5.94. The average Bonchev–Trinajstić information content (AvgIpc) is 3.01. The molecule has 0 radical (unpaired) electrons. The molecule has 0 aliphatic heterocycles. The second kappa shape index (κ2) is 8.34. The second-order valence-electron chi connectivity index (χ2n) is 6.21. The molecule has 1 aromatic carbocycles. The van der Waals surface area contributed by atoms with Gasteiger partial charge in [-0.3, -0.25) is 19.9 Å². The summed E-state index contributed by atoms with van der Waals surface area (Å²) in [6.45, 7) is 3.79. The molecular formula is C20H19N5O4. The lowest BCUT2D eigenvalue weighted by Gasteiger charge is -2.13. The first-order valence-corrected chi connectivity index (χ1v) is 8.67. The van der Waals surface area contributed by atoms with Crippen LogP contribution >= 0.6 is 0 Å². The van der Waals surface area contributed by atoms with Gasteiger partial charge < -0.3 is 9.30 Å². The lowest BCUT2D eigenvalue weighted by molar-refractivity contribution is -0.384. The minimum absolute atomic E-state index is 0.0475. The van der Waals surface area contributed by atoms with Crippen LogP contribution in [0.2, 0.25) is 0 Å². The van der Waals surface area contributed by atoms with E-state index in [1.807, 2.05) is 24.5 Å². The average molecular weight is 393 g/mol. The number of hydrogen-bond acceptors (Lipinski definition) is 6. The number of aromatic nitrogens is 2. The fraction of sp³-hybridized carbons (Fsp3) is 0.150. The third-order valence-corrected chi connectivity index (χ3v) is 4.40. The fourth-order valence-corrected chi connectivity index (χ4v) is 2.98. The molecule has 0 unspecified atom stereocenters. The molecule has 2 aromatic heterocycles. The van der Waals surface area contributed by atoms with Crippen molar-refractivity contribution >= 4 is 17.8 Å². The second-order valence-corrected chi connectivity index (χ2v) is 6.21. The Labute approximate surface area is 166 Å². The third kappa shape index (κ3) is 4.13. The summed E-state index contributed by atoms with van der Waals surface area (Å²) in [5.41, 5.74) is 6.08. The molecule has 9 heteroatoms. The SMILES string of the molecule is COc1cc([N+](=O)[O-])ccc1-n1c(C)cc(/C=N\NC(=O)c2ccncc2)c1C. The van der Waals surface area contributed by atoms with Gasteiger partial charge in [-0.15, -0.1) is 0 Å². The highest BCUT2D eigenvalue weighted by Gasteiger charge is 2.17. The van der Waals surface area contributed by atoms with Crippen molar-refractivity contribution in [1.29, 1.82) is 0 Å². The summed E-state index contributed by atoms with van der Waals surface area (Å²) in [4.78, 5) is 26.5. The van der Waals surface area contributed by atoms with Gasteiger partial charge in [-0.2, -0.15) is 5.10 Å². The van der Waals surface area contributed by atoms with Crippen molar-refractivity contribution in [2.75, 3.05) is 7.11 Å². The number of hydrazone groups is 1. The number of nitro benzene ring substituents is 1. The Balaban J connectivity index is 1.87. The number of carbonyl (C=O) groups is 1. The number of rotatable bonds is 6. The van der Waals surface area contributed by atoms with Crippen molar-refractivity contribution in [2.24, 2.45) is 5.10 Å². The number of carbonyl (C=O) groups excluding carboxylic acids is 1. The smallest absolute Gasteiger partial charge is 0.273 e. The Kier molecular flexibility index (Phi) is 5.68. The van der Waals surface area contributed by atoms with Gasteiger partial charge >= 0.3 is 0 Å². The molecule has 9 nitrogen and oxygen atoms in total. The number of ether oxygens (including phenoxy) is 1. The Hall–Kier alpha value is -4.01. The molecule has 148 valence electrons. The van der Waals surface area contributed by atoms with Crippen molar-refractivity contribution < 1.29 is 14.5 Å². The Bertz CT molecular complexity index is 1090. The van der Waals surface area contributed by atoms with Gasteiger partial charge in [-0.25, -0.2) is 5.43 Å². The number of pyridine rings is 1. The van der Waals surface area contributed by atoms with Gasteiger partial charge in [0.25, 0.3) is 11.6 Å². The monoisotopic (exact) mass is 393 g/mol. The van der Waals surface area contributed by atoms with Crippen LogP contribution in [0.4, 0.5) is 5.69 Å². The van der Waals surface area contributed by atoms with Crippen LogP contribution in [0, 0.1) is 24.0 Å². The van der Waals surface area contributed by atoms with E-state index in [1.165, 1.54) is 31.6 Å². The number of nitrogens with one attached hydrogen (secondary N) is 1. The highest BCUT2D eigenvalue weighted by atomic mass is 16.6. The normalized spacial score (nSPS) is 10.9. The highest BCUT2D eigenvalue weighted by Crippen LogP contribution is 2.31. The van der Waals surface area contributed by atoms with E-state index in [2.05, 4.69) is 15.5 Å². The minimum Gasteiger partial charge on any atom is -0.494 e. The topological polar surface area (TPSA) is 112 Å². The molecule has 0 bridgehead atoms. The van der Waals surface area contributed by atoms with Gasteiger partial charge in [-0.1, -0.05) is 0 Å². The molecule has 2 heterocycles. The third-order valence-electron chi connectivity index (χ3n) is 4.40. The van der Waals surface area contributed by atoms with E-state index in [9.17, 15) is 14.9 Å². The Morgan fingerprint density at radius 2 is 1.97 bits per heavy atom. The predicted molar refractivity (Wildman–Crippen MR) is 108 cm³/mol. The van der Waals surface area contributed by atoms with E-state index in [-0.39, 0.29) is 11.6 Å². The zero-order valence-electron chi connectivity index (χ0n) is 16.1. The van der Waals surface area contributed by atoms with Gasteiger partial charge in [0.05, 0.1) is 30.0 Å². The Morgan fingerprint density at radius 1 is 1.24 bits per heavy atom. The number of nitrogens with zero attached hydrogens (tertiary/aromatic N) is 4. The molecule has 1 amide bonds. The quantitative estimate of drug-likeness (QED) is 0.393. The number of benzene rings is 1. The molecule has 3 rings (SSSR count). The van der Waals surface area contributed by atoms with Crippen LogP contribution in [0.5, 0.6) is 5.75 Å². The van der Waals surface area contributed by atoms with Crippen LogP contribution in [0.1, 0.15) is 27.3 Å². The van der Waals surface area contributed by atoms with E-state index < -0.39 is 4.92 Å². The van der Waals surface area contributed by atoms with Gasteiger partial charge in [-0.05, 0) is 38.1 Å². The van der Waals surface area contributed by atoms with Gasteiger partial charge in [0, 0.05) is 41.0 Å². The van der Waals surface area contributed by atoms with Crippen molar-refractivity contribution in [2.45, 2.75) is 13.8 Å². The van der Waals surface area contributed by atoms with E-state index in [0.29, 0.717) is 17.0 Å². The molecular weight excluding hydrogens is 374 g/mol. The standard InChI is InChI=1S/C20H19N5O4/c1-13-10-16(12-22-23-20(26)15-6-8-21-9-7-15)14(2)24(13)18-5-4-17(25(27)28)11-19(18)29-3/h4-12H,1-3H3,(H,23,26)/b22-12-. The van der Waals surface area contributed by atoms with E-state index >= 15 is 0 Å². The van der Waals surface area contributed by atoms with Crippen LogP contribution in [0.3, 0.4) is 0 Å². The van der Waals surface area contributed by atoms with Gasteiger partial charge in [0.1, 0.15) is 5.75 Å². The number of methoxy groups -OCH3 is 1. The molecule has 0 aliphatic rings. The number of amides is 1. The molecule has 0 saturated heterocycles. The molecule has 3 aromatic rings. The molecule has 29 heavy (non-hydrogen) atoms. The lowest BCUT2D eigenvalue weighted by Crippen LogP contribution is -2.17. The molecule has 0 atom stereocenters. The largest absolute Gasteiger partial charge is 0.494 e. The number of non-ortho nitro benzene ring substituents is 1. The minimum atomic E-state index is -0.467. The summed E-state index contributed by atoms with van der Waals surface area (Å²) in [6, 6.07) is 9.55. The van der Waals surface area contributed by atoms with Gasteiger partial charge in [0.15, 0.2) is 0 Å². The number of aryl methyl sites for hydroxylation is 1. The van der Waals surface area contributed by atoms with E-state index in [4.69, 9.17) is 4.74 Å². The lowest BCUT2D eigenvalue weighted by atomic mass is 10.2. The summed E-state index contributed by atoms with van der Waals surface area (Å²) in [5, 5.41) is 15.0. The number of hydrogen-bond donors (Lipinski definition) is 1. The summed E-state index contributed by atoms with van der Waals surface area (Å²) in [6.07, 6.45) is 4.61. The van der Waals surface area contributed by atoms with Crippen LogP contribution in [-0.4, -0.2) is 33.7 Å². The first-order chi connectivity index (χ1) is 13.9. The molecule has 0 aliphatic carbocycles. The van der Waals surface area contributed by atoms with Crippen LogP contribution in [-0.2, 0) is 0 Å². The molecule has 0 saturated carbocycles. The van der Waals surface area contributed by atoms with Crippen molar-refractivity contribution in [3.63, 3.8) is 0 Å². The number of nitro groups is 1. The maximum atomic E-state index is 12.1. The molecule has 1 N–H and O–H groups in total. The van der Waals surface area contributed by atoms with Crippen molar-refractivity contribution in [1.82, 2.24) is 15.0 Å². The maximum Gasteiger partial charge on any atom is 0.273 e. The maximum absolute atomic E-state index is 12.1. The molecule has 0 fully saturated rings. The summed E-state index contributed by atoms with van der Waals surface area (Å²) >= 11 is 0. The summed E-state index contributed by atoms with van der Waals surface area (Å²) in [5.74, 6) is 0.0463.